The third-order valence-corrected chi connectivity index (χ3v) is 6.71. The van der Waals surface area contributed by atoms with Crippen molar-refractivity contribution in [1.82, 2.24) is 24.1 Å². The topological polar surface area (TPSA) is 83.5 Å². The van der Waals surface area contributed by atoms with Crippen LogP contribution >= 0.6 is 11.3 Å². The monoisotopic (exact) mass is 411 g/mol. The van der Waals surface area contributed by atoms with Gasteiger partial charge in [-0.25, -0.2) is 18.9 Å². The molecule has 1 atom stereocenters. The lowest BCUT2D eigenvalue weighted by atomic mass is 9.89. The van der Waals surface area contributed by atoms with Crippen LogP contribution in [0.4, 0.5) is 0 Å². The van der Waals surface area contributed by atoms with Crippen LogP contribution in [0.5, 0.6) is 11.5 Å². The van der Waals surface area contributed by atoms with Gasteiger partial charge in [-0.15, -0.1) is 16.4 Å². The van der Waals surface area contributed by atoms with E-state index in [1.807, 2.05) is 0 Å². The molecule has 29 heavy (non-hydrogen) atoms. The van der Waals surface area contributed by atoms with Crippen LogP contribution in [0.2, 0.25) is 0 Å². The van der Waals surface area contributed by atoms with E-state index in [0.29, 0.717) is 28.8 Å². The normalized spacial score (nSPS) is 16.3. The molecule has 0 N–H and O–H groups in total. The summed E-state index contributed by atoms with van der Waals surface area (Å²) >= 11 is 1.72. The van der Waals surface area contributed by atoms with Gasteiger partial charge in [0.25, 0.3) is 0 Å². The zero-order chi connectivity index (χ0) is 20.1. The Morgan fingerprint density at radius 3 is 2.93 bits per heavy atom. The Bertz CT molecular complexity index is 1290. The average molecular weight is 411 g/mol. The summed E-state index contributed by atoms with van der Waals surface area (Å²) in [5.74, 6) is 1.75. The van der Waals surface area contributed by atoms with Crippen LogP contribution in [0.15, 0.2) is 23.4 Å². The molecular weight excluding hydrogens is 390 g/mol. The Labute approximate surface area is 170 Å². The molecule has 5 rings (SSSR count). The maximum absolute atomic E-state index is 13.0. The average Bonchev–Trinajstić information content (AvgIpc) is 3.24. The second-order valence-electron chi connectivity index (χ2n) is 7.40. The highest BCUT2D eigenvalue weighted by Crippen LogP contribution is 2.38. The Hall–Kier alpha value is -2.94. The Kier molecular flexibility index (Phi) is 4.27. The van der Waals surface area contributed by atoms with Gasteiger partial charge in [0.15, 0.2) is 17.1 Å². The summed E-state index contributed by atoms with van der Waals surface area (Å²) in [6.45, 7) is 2.47. The van der Waals surface area contributed by atoms with Crippen LogP contribution in [0.1, 0.15) is 29.5 Å². The molecule has 0 unspecified atom stereocenters. The third kappa shape index (κ3) is 2.79. The molecule has 4 heterocycles. The molecule has 1 aliphatic rings. The highest BCUT2D eigenvalue weighted by atomic mass is 32.1. The summed E-state index contributed by atoms with van der Waals surface area (Å²) in [5.41, 5.74) is 2.30. The van der Waals surface area contributed by atoms with Crippen molar-refractivity contribution in [3.8, 4) is 11.5 Å². The lowest BCUT2D eigenvalue weighted by molar-refractivity contribution is 0.347. The summed E-state index contributed by atoms with van der Waals surface area (Å²) < 4.78 is 13.7. The molecule has 8 nitrogen and oxygen atoms in total. The quantitative estimate of drug-likeness (QED) is 0.513. The fourth-order valence-corrected chi connectivity index (χ4v) is 5.42. The zero-order valence-electron chi connectivity index (χ0n) is 16.5. The number of ether oxygens (including phenoxy) is 2. The Morgan fingerprint density at radius 1 is 1.28 bits per heavy atom. The number of pyridine rings is 1. The minimum atomic E-state index is -0.245. The summed E-state index contributed by atoms with van der Waals surface area (Å²) in [6, 6.07) is 1.72. The van der Waals surface area contributed by atoms with Crippen molar-refractivity contribution in [2.45, 2.75) is 32.7 Å². The molecule has 1 aliphatic carbocycles. The van der Waals surface area contributed by atoms with Gasteiger partial charge in [-0.05, 0) is 30.7 Å². The lowest BCUT2D eigenvalue weighted by Crippen LogP contribution is -2.22. The number of thiophene rings is 1. The zero-order valence-corrected chi connectivity index (χ0v) is 17.3. The number of nitrogens with zero attached hydrogens (tertiary/aromatic N) is 5. The second-order valence-corrected chi connectivity index (χ2v) is 8.49. The van der Waals surface area contributed by atoms with E-state index in [1.54, 1.807) is 44.1 Å². The van der Waals surface area contributed by atoms with Gasteiger partial charge < -0.3 is 9.47 Å². The lowest BCUT2D eigenvalue weighted by Gasteiger charge is -2.17. The first-order valence-corrected chi connectivity index (χ1v) is 10.4. The van der Waals surface area contributed by atoms with E-state index in [0.717, 1.165) is 29.5 Å². The van der Waals surface area contributed by atoms with E-state index in [-0.39, 0.29) is 12.2 Å². The van der Waals surface area contributed by atoms with Crippen molar-refractivity contribution in [3.63, 3.8) is 0 Å². The fraction of sp³-hybridized carbons (Fsp3) is 0.400. The van der Waals surface area contributed by atoms with E-state index in [2.05, 4.69) is 22.0 Å². The van der Waals surface area contributed by atoms with E-state index in [4.69, 9.17) is 9.47 Å². The number of fused-ring (bicyclic) bond motifs is 5. The summed E-state index contributed by atoms with van der Waals surface area (Å²) in [4.78, 5) is 24.2. The molecular formula is C20H21N5O3S. The molecule has 0 aliphatic heterocycles. The van der Waals surface area contributed by atoms with E-state index in [1.165, 1.54) is 19.5 Å². The third-order valence-electron chi connectivity index (χ3n) is 5.54. The first kappa shape index (κ1) is 18.1. The number of aromatic nitrogens is 5. The smallest absolute Gasteiger partial charge is 0.351 e. The number of methoxy groups -OCH3 is 2. The van der Waals surface area contributed by atoms with Gasteiger partial charge in [0, 0.05) is 17.1 Å². The van der Waals surface area contributed by atoms with Crippen LogP contribution in [0.25, 0.3) is 15.9 Å². The minimum absolute atomic E-state index is 0.186. The first-order valence-electron chi connectivity index (χ1n) is 9.55. The van der Waals surface area contributed by atoms with Crippen molar-refractivity contribution in [3.05, 3.63) is 45.2 Å². The first-order chi connectivity index (χ1) is 14.1. The Balaban J connectivity index is 1.66. The van der Waals surface area contributed by atoms with Crippen LogP contribution in [0, 0.1) is 5.92 Å². The minimum Gasteiger partial charge on any atom is -0.493 e. The van der Waals surface area contributed by atoms with Crippen LogP contribution in [-0.4, -0.2) is 38.4 Å². The molecule has 0 aromatic carbocycles. The standard InChI is InChI=1S/C20H21N5O3S/c1-11-4-5-12-15(8-11)29-19-16(12)18-23-25(20(26)24(18)10-22-19)9-13-17(28-3)14(27-2)6-7-21-13/h6-7,10-11H,4-5,8-9H2,1-3H3/t11-/m1/s1. The predicted octanol–water partition coefficient (Wildman–Crippen LogP) is 2.69. The molecule has 0 saturated heterocycles. The van der Waals surface area contributed by atoms with Crippen molar-refractivity contribution in [2.24, 2.45) is 5.92 Å². The molecule has 0 bridgehead atoms. The summed E-state index contributed by atoms with van der Waals surface area (Å²) in [5, 5.41) is 5.68. The number of hydrogen-bond acceptors (Lipinski definition) is 7. The fourth-order valence-electron chi connectivity index (χ4n) is 4.07. The van der Waals surface area contributed by atoms with Crippen LogP contribution in [-0.2, 0) is 19.4 Å². The number of hydrogen-bond donors (Lipinski definition) is 0. The highest BCUT2D eigenvalue weighted by Gasteiger charge is 2.24. The molecule has 0 saturated carbocycles. The van der Waals surface area contributed by atoms with Gasteiger partial charge in [0.05, 0.1) is 26.2 Å². The molecule has 0 fully saturated rings. The summed E-state index contributed by atoms with van der Waals surface area (Å²) in [6.07, 6.45) is 6.43. The van der Waals surface area contributed by atoms with Crippen molar-refractivity contribution in [2.75, 3.05) is 14.2 Å². The van der Waals surface area contributed by atoms with E-state index in [9.17, 15) is 4.79 Å². The molecule has 0 spiro atoms. The van der Waals surface area contributed by atoms with E-state index >= 15 is 0 Å². The van der Waals surface area contributed by atoms with Gasteiger partial charge in [-0.1, -0.05) is 6.92 Å². The van der Waals surface area contributed by atoms with Crippen LogP contribution < -0.4 is 15.2 Å². The summed E-state index contributed by atoms with van der Waals surface area (Å²) in [7, 11) is 3.13. The van der Waals surface area contributed by atoms with Crippen molar-refractivity contribution < 1.29 is 9.47 Å². The van der Waals surface area contributed by atoms with Crippen molar-refractivity contribution in [1.29, 1.82) is 0 Å². The van der Waals surface area contributed by atoms with Gasteiger partial charge in [0.1, 0.15) is 16.9 Å². The van der Waals surface area contributed by atoms with Gasteiger partial charge in [-0.3, -0.25) is 4.98 Å². The predicted molar refractivity (Wildman–Crippen MR) is 110 cm³/mol. The molecule has 150 valence electrons. The SMILES string of the molecule is COc1ccnc(Cn2nc3c4c5c(sc4ncn3c2=O)C[C@H](C)CC5)c1OC. The van der Waals surface area contributed by atoms with Crippen LogP contribution in [0.3, 0.4) is 0 Å². The number of rotatable bonds is 4. The van der Waals surface area contributed by atoms with Gasteiger partial charge in [-0.2, -0.15) is 0 Å². The van der Waals surface area contributed by atoms with Gasteiger partial charge >= 0.3 is 5.69 Å². The molecule has 4 aromatic rings. The second kappa shape index (κ2) is 6.84. The van der Waals surface area contributed by atoms with Gasteiger partial charge in [0.2, 0.25) is 0 Å². The molecule has 9 heteroatoms. The van der Waals surface area contributed by atoms with E-state index < -0.39 is 0 Å². The Morgan fingerprint density at radius 2 is 2.14 bits per heavy atom. The molecule has 0 amide bonds. The maximum Gasteiger partial charge on any atom is 0.351 e. The molecule has 0 radical (unpaired) electrons. The molecule has 4 aromatic heterocycles. The van der Waals surface area contributed by atoms with Crippen molar-refractivity contribution >= 4 is 27.2 Å². The maximum atomic E-state index is 13.0. The largest absolute Gasteiger partial charge is 0.493 e. The highest BCUT2D eigenvalue weighted by molar-refractivity contribution is 7.19. The number of aryl methyl sites for hydroxylation is 1.